The minimum Gasteiger partial charge on any atom is -0.341 e. The second-order valence-electron chi connectivity index (χ2n) is 6.47. The second kappa shape index (κ2) is 7.20. The zero-order chi connectivity index (χ0) is 15.4. The standard InChI is InChI=1S/C17H26N4O/c1-14-5-4-10-21(13-14)17(22)16(15-6-2-3-7-19-15)20-11-8-18-9-12-20/h2-3,6-7,14,16,18H,4-5,8-13H2,1H3. The van der Waals surface area contributed by atoms with Gasteiger partial charge in [-0.15, -0.1) is 0 Å². The number of carbonyl (C=O) groups excluding carboxylic acids is 1. The van der Waals surface area contributed by atoms with Gasteiger partial charge in [-0.05, 0) is 30.9 Å². The van der Waals surface area contributed by atoms with Crippen molar-refractivity contribution in [3.05, 3.63) is 30.1 Å². The number of piperazine rings is 1. The highest BCUT2D eigenvalue weighted by atomic mass is 16.2. The van der Waals surface area contributed by atoms with E-state index in [0.717, 1.165) is 51.4 Å². The summed E-state index contributed by atoms with van der Waals surface area (Å²) in [6, 6.07) is 5.64. The molecule has 3 rings (SSSR count). The van der Waals surface area contributed by atoms with E-state index in [-0.39, 0.29) is 11.9 Å². The Morgan fingerprint density at radius 3 is 2.82 bits per heavy atom. The zero-order valence-electron chi connectivity index (χ0n) is 13.4. The lowest BCUT2D eigenvalue weighted by atomic mass is 9.98. The number of amides is 1. The van der Waals surface area contributed by atoms with Crippen LogP contribution in [0.25, 0.3) is 0 Å². The summed E-state index contributed by atoms with van der Waals surface area (Å²) in [6.07, 6.45) is 4.13. The van der Waals surface area contributed by atoms with Gasteiger partial charge in [0.2, 0.25) is 5.91 Å². The van der Waals surface area contributed by atoms with Crippen LogP contribution >= 0.6 is 0 Å². The number of carbonyl (C=O) groups is 1. The summed E-state index contributed by atoms with van der Waals surface area (Å²) in [5, 5.41) is 3.36. The van der Waals surface area contributed by atoms with E-state index in [1.165, 1.54) is 6.42 Å². The van der Waals surface area contributed by atoms with E-state index in [4.69, 9.17) is 0 Å². The van der Waals surface area contributed by atoms with E-state index >= 15 is 0 Å². The van der Waals surface area contributed by atoms with Crippen molar-refractivity contribution in [3.63, 3.8) is 0 Å². The molecule has 0 spiro atoms. The van der Waals surface area contributed by atoms with Gasteiger partial charge in [0.1, 0.15) is 6.04 Å². The first kappa shape index (κ1) is 15.4. The molecule has 2 atom stereocenters. The molecule has 1 aromatic rings. The molecule has 1 aromatic heterocycles. The summed E-state index contributed by atoms with van der Waals surface area (Å²) in [5.41, 5.74) is 0.882. The quantitative estimate of drug-likeness (QED) is 0.914. The fourth-order valence-corrected chi connectivity index (χ4v) is 3.51. The van der Waals surface area contributed by atoms with Gasteiger partial charge in [0.25, 0.3) is 0 Å². The van der Waals surface area contributed by atoms with Gasteiger partial charge in [-0.25, -0.2) is 0 Å². The first-order valence-corrected chi connectivity index (χ1v) is 8.40. The summed E-state index contributed by atoms with van der Waals surface area (Å²) in [6.45, 7) is 7.68. The van der Waals surface area contributed by atoms with Crippen LogP contribution in [0.1, 0.15) is 31.5 Å². The fourth-order valence-electron chi connectivity index (χ4n) is 3.51. The number of hydrogen-bond donors (Lipinski definition) is 1. The zero-order valence-corrected chi connectivity index (χ0v) is 13.4. The first-order valence-electron chi connectivity index (χ1n) is 8.40. The predicted octanol–water partition coefficient (Wildman–Crippen LogP) is 1.29. The van der Waals surface area contributed by atoms with Crippen molar-refractivity contribution in [1.82, 2.24) is 20.1 Å². The van der Waals surface area contributed by atoms with Gasteiger partial charge in [-0.1, -0.05) is 13.0 Å². The minimum atomic E-state index is -0.228. The maximum atomic E-state index is 13.2. The van der Waals surface area contributed by atoms with Gasteiger partial charge < -0.3 is 10.2 Å². The molecule has 1 N–H and O–H groups in total. The maximum Gasteiger partial charge on any atom is 0.246 e. The van der Waals surface area contributed by atoms with Crippen molar-refractivity contribution in [3.8, 4) is 0 Å². The molecular weight excluding hydrogens is 276 g/mol. The van der Waals surface area contributed by atoms with Crippen molar-refractivity contribution < 1.29 is 4.79 Å². The van der Waals surface area contributed by atoms with Crippen LogP contribution in [0.3, 0.4) is 0 Å². The lowest BCUT2D eigenvalue weighted by Crippen LogP contribution is -2.51. The van der Waals surface area contributed by atoms with Crippen LogP contribution < -0.4 is 5.32 Å². The lowest BCUT2D eigenvalue weighted by molar-refractivity contribution is -0.139. The maximum absolute atomic E-state index is 13.2. The van der Waals surface area contributed by atoms with Crippen LogP contribution in [-0.4, -0.2) is 60.0 Å². The Kier molecular flexibility index (Phi) is 5.05. The predicted molar refractivity (Wildman–Crippen MR) is 86.4 cm³/mol. The van der Waals surface area contributed by atoms with Gasteiger partial charge in [-0.3, -0.25) is 14.7 Å². The third-order valence-corrected chi connectivity index (χ3v) is 4.69. The Balaban J connectivity index is 1.82. The van der Waals surface area contributed by atoms with Crippen molar-refractivity contribution in [2.75, 3.05) is 39.3 Å². The molecule has 0 bridgehead atoms. The number of nitrogens with zero attached hydrogens (tertiary/aromatic N) is 3. The number of likely N-dealkylation sites (tertiary alicyclic amines) is 1. The van der Waals surface area contributed by atoms with Crippen LogP contribution in [-0.2, 0) is 4.79 Å². The molecule has 120 valence electrons. The molecule has 0 aromatic carbocycles. The molecule has 2 fully saturated rings. The third kappa shape index (κ3) is 3.47. The van der Waals surface area contributed by atoms with Crippen LogP contribution in [0.4, 0.5) is 0 Å². The van der Waals surface area contributed by atoms with E-state index < -0.39 is 0 Å². The molecular formula is C17H26N4O. The Morgan fingerprint density at radius 2 is 2.14 bits per heavy atom. The Bertz CT molecular complexity index is 487. The second-order valence-corrected chi connectivity index (χ2v) is 6.47. The van der Waals surface area contributed by atoms with Gasteiger partial charge in [0.15, 0.2) is 0 Å². The number of aromatic nitrogens is 1. The van der Waals surface area contributed by atoms with Gasteiger partial charge in [-0.2, -0.15) is 0 Å². The smallest absolute Gasteiger partial charge is 0.246 e. The number of hydrogen-bond acceptors (Lipinski definition) is 4. The molecule has 0 saturated carbocycles. The average Bonchev–Trinajstić information content (AvgIpc) is 2.57. The topological polar surface area (TPSA) is 48.5 Å². The molecule has 5 nitrogen and oxygen atoms in total. The van der Waals surface area contributed by atoms with E-state index in [9.17, 15) is 4.79 Å². The van der Waals surface area contributed by atoms with Crippen LogP contribution in [0.2, 0.25) is 0 Å². The lowest BCUT2D eigenvalue weighted by Gasteiger charge is -2.39. The Morgan fingerprint density at radius 1 is 1.32 bits per heavy atom. The SMILES string of the molecule is CC1CCCN(C(=O)C(c2ccccn2)N2CCNCC2)C1. The Labute approximate surface area is 132 Å². The van der Waals surface area contributed by atoms with Crippen LogP contribution in [0, 0.1) is 5.92 Å². The molecule has 2 saturated heterocycles. The highest BCUT2D eigenvalue weighted by Crippen LogP contribution is 2.25. The van der Waals surface area contributed by atoms with Crippen LogP contribution in [0.15, 0.2) is 24.4 Å². The van der Waals surface area contributed by atoms with E-state index in [0.29, 0.717) is 5.92 Å². The molecule has 1 amide bonds. The summed E-state index contributed by atoms with van der Waals surface area (Å²) in [7, 11) is 0. The first-order chi connectivity index (χ1) is 10.8. The van der Waals surface area contributed by atoms with E-state index in [1.807, 2.05) is 18.2 Å². The van der Waals surface area contributed by atoms with Gasteiger partial charge in [0, 0.05) is 45.5 Å². The summed E-state index contributed by atoms with van der Waals surface area (Å²) in [4.78, 5) is 22.0. The summed E-state index contributed by atoms with van der Waals surface area (Å²) >= 11 is 0. The molecule has 0 radical (unpaired) electrons. The number of piperidine rings is 1. The monoisotopic (exact) mass is 302 g/mol. The van der Waals surface area contributed by atoms with Crippen molar-refractivity contribution in [2.24, 2.45) is 5.92 Å². The minimum absolute atomic E-state index is 0.228. The normalized spacial score (nSPS) is 25.0. The Hall–Kier alpha value is -1.46. The molecule has 5 heteroatoms. The molecule has 0 aliphatic carbocycles. The van der Waals surface area contributed by atoms with Gasteiger partial charge in [0.05, 0.1) is 5.69 Å². The average molecular weight is 302 g/mol. The highest BCUT2D eigenvalue weighted by Gasteiger charge is 2.34. The molecule has 2 aliphatic heterocycles. The van der Waals surface area contributed by atoms with Crippen molar-refractivity contribution in [1.29, 1.82) is 0 Å². The number of pyridine rings is 1. The summed E-state index contributed by atoms with van der Waals surface area (Å²) in [5.74, 6) is 0.831. The highest BCUT2D eigenvalue weighted by molar-refractivity contribution is 5.83. The molecule has 3 heterocycles. The molecule has 22 heavy (non-hydrogen) atoms. The van der Waals surface area contributed by atoms with Gasteiger partial charge >= 0.3 is 0 Å². The third-order valence-electron chi connectivity index (χ3n) is 4.69. The fraction of sp³-hybridized carbons (Fsp3) is 0.647. The number of nitrogens with one attached hydrogen (secondary N) is 1. The van der Waals surface area contributed by atoms with E-state index in [2.05, 4.69) is 27.0 Å². The van der Waals surface area contributed by atoms with Crippen molar-refractivity contribution in [2.45, 2.75) is 25.8 Å². The molecule has 2 unspecified atom stereocenters. The summed E-state index contributed by atoms with van der Waals surface area (Å²) < 4.78 is 0. The van der Waals surface area contributed by atoms with Crippen LogP contribution in [0.5, 0.6) is 0 Å². The largest absolute Gasteiger partial charge is 0.341 e. The molecule has 2 aliphatic rings. The number of rotatable bonds is 3. The van der Waals surface area contributed by atoms with Crippen molar-refractivity contribution >= 4 is 5.91 Å². The van der Waals surface area contributed by atoms with E-state index in [1.54, 1.807) is 6.20 Å².